The molecular weight excluding hydrogens is 337 g/mol. The van der Waals surface area contributed by atoms with Gasteiger partial charge in [-0.15, -0.1) is 0 Å². The zero-order chi connectivity index (χ0) is 14.8. The highest BCUT2D eigenvalue weighted by Crippen LogP contribution is 2.30. The van der Waals surface area contributed by atoms with Gasteiger partial charge in [0, 0.05) is 11.5 Å². The minimum atomic E-state index is -0.460. The predicted molar refractivity (Wildman–Crippen MR) is 83.3 cm³/mol. The third kappa shape index (κ3) is 2.80. The summed E-state index contributed by atoms with van der Waals surface area (Å²) >= 11 is 3.21. The highest BCUT2D eigenvalue weighted by Gasteiger charge is 2.11. The molecular formula is C15H11BrFN3O. The summed E-state index contributed by atoms with van der Waals surface area (Å²) in [4.78, 5) is 8.58. The summed E-state index contributed by atoms with van der Waals surface area (Å²) < 4.78 is 20.2. The van der Waals surface area contributed by atoms with Gasteiger partial charge in [0.15, 0.2) is 11.6 Å². The van der Waals surface area contributed by atoms with Crippen molar-refractivity contribution in [3.63, 3.8) is 0 Å². The number of anilines is 1. The maximum absolute atomic E-state index is 13.9. The van der Waals surface area contributed by atoms with E-state index in [1.807, 2.05) is 24.3 Å². The van der Waals surface area contributed by atoms with E-state index in [0.717, 1.165) is 10.9 Å². The molecule has 6 heteroatoms. The smallest absolute Gasteiger partial charge is 0.232 e. The van der Waals surface area contributed by atoms with E-state index in [-0.39, 0.29) is 5.75 Å². The summed E-state index contributed by atoms with van der Waals surface area (Å²) in [5.74, 6) is 0.384. The third-order valence-corrected chi connectivity index (χ3v) is 3.39. The molecule has 0 aliphatic rings. The van der Waals surface area contributed by atoms with Crippen molar-refractivity contribution in [1.29, 1.82) is 0 Å². The second kappa shape index (κ2) is 5.65. The molecule has 0 bridgehead atoms. The number of nitrogens with zero attached hydrogens (tertiary/aromatic N) is 2. The van der Waals surface area contributed by atoms with Gasteiger partial charge < -0.3 is 10.1 Å². The standard InChI is InChI=1S/C15H11BrFN3O/c1-18-15-19-12-5-3-2-4-10(12)14(20-15)21-13-7-6-9(16)8-11(13)17/h2-8H,1H3,(H,18,19,20). The second-order valence-corrected chi connectivity index (χ2v) is 5.21. The summed E-state index contributed by atoms with van der Waals surface area (Å²) in [6.45, 7) is 0. The SMILES string of the molecule is CNc1nc(Oc2ccc(Br)cc2F)c2ccccc2n1. The van der Waals surface area contributed by atoms with Crippen LogP contribution in [0.15, 0.2) is 46.9 Å². The van der Waals surface area contributed by atoms with E-state index < -0.39 is 5.82 Å². The van der Waals surface area contributed by atoms with Gasteiger partial charge >= 0.3 is 0 Å². The maximum atomic E-state index is 13.9. The van der Waals surface area contributed by atoms with Gasteiger partial charge in [0.2, 0.25) is 11.8 Å². The summed E-state index contributed by atoms with van der Waals surface area (Å²) in [5, 5.41) is 3.59. The molecule has 106 valence electrons. The molecule has 4 nitrogen and oxygen atoms in total. The van der Waals surface area contributed by atoms with Crippen molar-refractivity contribution in [2.75, 3.05) is 12.4 Å². The molecule has 2 aromatic carbocycles. The Morgan fingerprint density at radius 2 is 1.95 bits per heavy atom. The van der Waals surface area contributed by atoms with Crippen LogP contribution in [0, 0.1) is 5.82 Å². The molecule has 0 aliphatic carbocycles. The molecule has 0 fully saturated rings. The van der Waals surface area contributed by atoms with Gasteiger partial charge in [-0.05, 0) is 30.3 Å². The van der Waals surface area contributed by atoms with Crippen molar-refractivity contribution in [1.82, 2.24) is 9.97 Å². The Morgan fingerprint density at radius 3 is 2.71 bits per heavy atom. The van der Waals surface area contributed by atoms with Gasteiger partial charge in [0.05, 0.1) is 10.9 Å². The van der Waals surface area contributed by atoms with Crippen molar-refractivity contribution in [2.45, 2.75) is 0 Å². The van der Waals surface area contributed by atoms with Crippen LogP contribution in [-0.2, 0) is 0 Å². The minimum absolute atomic E-state index is 0.115. The quantitative estimate of drug-likeness (QED) is 0.764. The van der Waals surface area contributed by atoms with Crippen LogP contribution in [0.3, 0.4) is 0 Å². The number of ether oxygens (including phenoxy) is 1. The van der Waals surface area contributed by atoms with Gasteiger partial charge in [-0.3, -0.25) is 0 Å². The summed E-state index contributed by atoms with van der Waals surface area (Å²) in [5.41, 5.74) is 0.726. The van der Waals surface area contributed by atoms with E-state index in [9.17, 15) is 4.39 Å². The van der Waals surface area contributed by atoms with E-state index in [2.05, 4.69) is 31.2 Å². The molecule has 0 unspecified atom stereocenters. The molecule has 0 saturated carbocycles. The second-order valence-electron chi connectivity index (χ2n) is 4.30. The Kier molecular flexibility index (Phi) is 3.70. The molecule has 0 radical (unpaired) electrons. The Morgan fingerprint density at radius 1 is 1.14 bits per heavy atom. The molecule has 0 amide bonds. The van der Waals surface area contributed by atoms with Crippen LogP contribution in [0.4, 0.5) is 10.3 Å². The van der Waals surface area contributed by atoms with Gasteiger partial charge in [-0.1, -0.05) is 28.1 Å². The number of nitrogens with one attached hydrogen (secondary N) is 1. The largest absolute Gasteiger partial charge is 0.435 e. The highest BCUT2D eigenvalue weighted by molar-refractivity contribution is 9.10. The normalized spacial score (nSPS) is 10.6. The van der Waals surface area contributed by atoms with E-state index in [1.54, 1.807) is 19.2 Å². The first kappa shape index (κ1) is 13.8. The summed E-state index contributed by atoms with van der Waals surface area (Å²) in [6.07, 6.45) is 0. The lowest BCUT2D eigenvalue weighted by molar-refractivity contribution is 0.432. The lowest BCUT2D eigenvalue weighted by Gasteiger charge is -2.10. The topological polar surface area (TPSA) is 47.0 Å². The highest BCUT2D eigenvalue weighted by atomic mass is 79.9. The average Bonchev–Trinajstić information content (AvgIpc) is 2.49. The number of benzene rings is 2. The molecule has 0 spiro atoms. The van der Waals surface area contributed by atoms with Crippen LogP contribution in [-0.4, -0.2) is 17.0 Å². The summed E-state index contributed by atoms with van der Waals surface area (Å²) in [6, 6.07) is 12.0. The molecule has 1 aromatic heterocycles. The third-order valence-electron chi connectivity index (χ3n) is 2.89. The minimum Gasteiger partial charge on any atom is -0.435 e. The number of fused-ring (bicyclic) bond motifs is 1. The first-order valence-corrected chi connectivity index (χ1v) is 7.04. The molecule has 1 heterocycles. The Balaban J connectivity index is 2.10. The fraction of sp³-hybridized carbons (Fsp3) is 0.0667. The van der Waals surface area contributed by atoms with Crippen molar-refractivity contribution in [3.8, 4) is 11.6 Å². The first-order chi connectivity index (χ1) is 10.2. The zero-order valence-corrected chi connectivity index (χ0v) is 12.7. The molecule has 0 aliphatic heterocycles. The number of hydrogen-bond donors (Lipinski definition) is 1. The van der Waals surface area contributed by atoms with Crippen molar-refractivity contribution in [2.24, 2.45) is 0 Å². The lowest BCUT2D eigenvalue weighted by atomic mass is 10.2. The monoisotopic (exact) mass is 347 g/mol. The number of halogens is 2. The van der Waals surface area contributed by atoms with E-state index >= 15 is 0 Å². The summed E-state index contributed by atoms with van der Waals surface area (Å²) in [7, 11) is 1.72. The van der Waals surface area contributed by atoms with Crippen LogP contribution >= 0.6 is 15.9 Å². The molecule has 3 aromatic rings. The Bertz CT molecular complexity index is 810. The van der Waals surface area contributed by atoms with Crippen molar-refractivity contribution >= 4 is 32.8 Å². The molecule has 1 N–H and O–H groups in total. The molecule has 0 atom stereocenters. The van der Waals surface area contributed by atoms with Crippen LogP contribution < -0.4 is 10.1 Å². The molecule has 21 heavy (non-hydrogen) atoms. The van der Waals surface area contributed by atoms with E-state index in [1.165, 1.54) is 6.07 Å². The molecule has 0 saturated heterocycles. The number of aromatic nitrogens is 2. The predicted octanol–water partition coefficient (Wildman–Crippen LogP) is 4.37. The number of para-hydroxylation sites is 1. The Labute approximate surface area is 129 Å². The van der Waals surface area contributed by atoms with Crippen LogP contribution in [0.1, 0.15) is 0 Å². The van der Waals surface area contributed by atoms with Crippen LogP contribution in [0.2, 0.25) is 0 Å². The first-order valence-electron chi connectivity index (χ1n) is 6.25. The zero-order valence-electron chi connectivity index (χ0n) is 11.1. The lowest BCUT2D eigenvalue weighted by Crippen LogP contribution is -2.00. The Hall–Kier alpha value is -2.21. The fourth-order valence-electron chi connectivity index (χ4n) is 1.90. The van der Waals surface area contributed by atoms with Gasteiger partial charge in [-0.2, -0.15) is 4.98 Å². The van der Waals surface area contributed by atoms with Crippen molar-refractivity contribution < 1.29 is 9.13 Å². The van der Waals surface area contributed by atoms with Crippen LogP contribution in [0.5, 0.6) is 11.6 Å². The van der Waals surface area contributed by atoms with Crippen LogP contribution in [0.25, 0.3) is 10.9 Å². The molecule has 3 rings (SSSR count). The van der Waals surface area contributed by atoms with Gasteiger partial charge in [0.25, 0.3) is 0 Å². The number of rotatable bonds is 3. The van der Waals surface area contributed by atoms with Gasteiger partial charge in [0.1, 0.15) is 0 Å². The maximum Gasteiger partial charge on any atom is 0.232 e. The van der Waals surface area contributed by atoms with Gasteiger partial charge in [-0.25, -0.2) is 9.37 Å². The average molecular weight is 348 g/mol. The van der Waals surface area contributed by atoms with E-state index in [4.69, 9.17) is 4.74 Å². The van der Waals surface area contributed by atoms with Crippen molar-refractivity contribution in [3.05, 3.63) is 52.8 Å². The fourth-order valence-corrected chi connectivity index (χ4v) is 2.23. The van der Waals surface area contributed by atoms with E-state index in [0.29, 0.717) is 16.3 Å². The number of hydrogen-bond acceptors (Lipinski definition) is 4.